The third kappa shape index (κ3) is 2.83. The zero-order chi connectivity index (χ0) is 19.4. The third-order valence-electron chi connectivity index (χ3n) is 5.11. The molecule has 6 nitrogen and oxygen atoms in total. The first-order valence-electron chi connectivity index (χ1n) is 8.77. The van der Waals surface area contributed by atoms with Crippen molar-refractivity contribution in [3.63, 3.8) is 0 Å². The summed E-state index contributed by atoms with van der Waals surface area (Å²) in [4.78, 5) is 24.1. The van der Waals surface area contributed by atoms with Crippen LogP contribution in [0.1, 0.15) is 68.4 Å². The summed E-state index contributed by atoms with van der Waals surface area (Å²) in [6.07, 6.45) is 3.00. The highest BCUT2D eigenvalue weighted by molar-refractivity contribution is 6.06. The molecule has 0 fully saturated rings. The van der Waals surface area contributed by atoms with Crippen LogP contribution in [-0.2, 0) is 4.79 Å². The maximum atomic E-state index is 12.8. The minimum atomic E-state index is -0.956. The standard InChI is InChI=1S/C20H24O6/c1-9(8-13(21)22)14-18-12(6-7-20(4,5)26-18)17(24)15-16(23)10(2)11(3)25-19(14)15/h6-7,9-11,24H,8H2,1-5H3,(H,21,22)/t9-,10-,11+/m0/s1. The first kappa shape index (κ1) is 18.3. The van der Waals surface area contributed by atoms with Crippen LogP contribution in [0.2, 0.25) is 0 Å². The number of aliphatic carboxylic acids is 1. The number of phenolic OH excluding ortho intramolecular Hbond substituents is 1. The van der Waals surface area contributed by atoms with Crippen LogP contribution in [0.4, 0.5) is 0 Å². The van der Waals surface area contributed by atoms with E-state index in [0.717, 1.165) is 0 Å². The van der Waals surface area contributed by atoms with Gasteiger partial charge >= 0.3 is 5.97 Å². The topological polar surface area (TPSA) is 93.1 Å². The molecule has 0 spiro atoms. The highest BCUT2D eigenvalue weighted by atomic mass is 16.5. The van der Waals surface area contributed by atoms with E-state index < -0.39 is 23.4 Å². The second kappa shape index (κ2) is 6.04. The van der Waals surface area contributed by atoms with E-state index in [-0.39, 0.29) is 35.4 Å². The SMILES string of the molecule is C[C@@H]1C(=O)c2c(O)c3c(c([C@@H](C)CC(=O)O)c2O[C@@H]1C)OC(C)(C)C=C3. The van der Waals surface area contributed by atoms with Gasteiger partial charge in [-0.15, -0.1) is 0 Å². The number of carboxylic acids is 1. The van der Waals surface area contributed by atoms with Crippen molar-refractivity contribution in [3.05, 3.63) is 22.8 Å². The number of hydrogen-bond donors (Lipinski definition) is 2. The van der Waals surface area contributed by atoms with E-state index >= 15 is 0 Å². The summed E-state index contributed by atoms with van der Waals surface area (Å²) in [6.45, 7) is 9.03. The molecule has 1 aromatic carbocycles. The molecule has 0 unspecified atom stereocenters. The van der Waals surface area contributed by atoms with E-state index in [2.05, 4.69) is 0 Å². The van der Waals surface area contributed by atoms with Crippen LogP contribution in [-0.4, -0.2) is 33.7 Å². The van der Waals surface area contributed by atoms with Crippen LogP contribution >= 0.6 is 0 Å². The maximum absolute atomic E-state index is 12.8. The lowest BCUT2D eigenvalue weighted by atomic mass is 9.83. The summed E-state index contributed by atoms with van der Waals surface area (Å²) >= 11 is 0. The van der Waals surface area contributed by atoms with Crippen LogP contribution in [0.25, 0.3) is 6.08 Å². The lowest BCUT2D eigenvalue weighted by Crippen LogP contribution is -2.35. The van der Waals surface area contributed by atoms with Crippen LogP contribution < -0.4 is 9.47 Å². The van der Waals surface area contributed by atoms with Crippen molar-refractivity contribution >= 4 is 17.8 Å². The molecule has 1 aromatic rings. The Kier molecular flexibility index (Phi) is 4.25. The molecule has 0 aromatic heterocycles. The van der Waals surface area contributed by atoms with Crippen molar-refractivity contribution in [2.75, 3.05) is 0 Å². The Bertz CT molecular complexity index is 820. The first-order valence-corrected chi connectivity index (χ1v) is 8.77. The minimum Gasteiger partial charge on any atom is -0.506 e. The predicted octanol–water partition coefficient (Wildman–Crippen LogP) is 3.75. The van der Waals surface area contributed by atoms with Crippen molar-refractivity contribution in [1.82, 2.24) is 0 Å². The molecule has 0 radical (unpaired) electrons. The maximum Gasteiger partial charge on any atom is 0.303 e. The molecule has 0 bridgehead atoms. The lowest BCUT2D eigenvalue weighted by Gasteiger charge is -2.36. The Morgan fingerprint density at radius 2 is 1.96 bits per heavy atom. The van der Waals surface area contributed by atoms with Gasteiger partial charge in [0.25, 0.3) is 0 Å². The van der Waals surface area contributed by atoms with Crippen molar-refractivity contribution in [1.29, 1.82) is 0 Å². The molecule has 6 heteroatoms. The van der Waals surface area contributed by atoms with Gasteiger partial charge in [-0.2, -0.15) is 0 Å². The van der Waals surface area contributed by atoms with Gasteiger partial charge in [-0.1, -0.05) is 13.8 Å². The molecule has 140 valence electrons. The lowest BCUT2D eigenvalue weighted by molar-refractivity contribution is -0.137. The Morgan fingerprint density at radius 3 is 2.58 bits per heavy atom. The summed E-state index contributed by atoms with van der Waals surface area (Å²) < 4.78 is 12.1. The van der Waals surface area contributed by atoms with E-state index in [4.69, 9.17) is 9.47 Å². The summed E-state index contributed by atoms with van der Waals surface area (Å²) in [5.41, 5.74) is 0.423. The monoisotopic (exact) mass is 360 g/mol. The van der Waals surface area contributed by atoms with E-state index in [1.807, 2.05) is 13.8 Å². The molecule has 0 saturated heterocycles. The number of fused-ring (bicyclic) bond motifs is 2. The smallest absolute Gasteiger partial charge is 0.303 e. The molecule has 3 atom stereocenters. The number of carboxylic acid groups (broad SMARTS) is 1. The number of aromatic hydroxyl groups is 1. The van der Waals surface area contributed by atoms with E-state index in [9.17, 15) is 19.8 Å². The minimum absolute atomic E-state index is 0.120. The normalized spacial score (nSPS) is 24.1. The first-order chi connectivity index (χ1) is 12.0. The van der Waals surface area contributed by atoms with Gasteiger partial charge in [-0.3, -0.25) is 9.59 Å². The highest BCUT2D eigenvalue weighted by Gasteiger charge is 2.41. The molecule has 3 rings (SSSR count). The van der Waals surface area contributed by atoms with Gasteiger partial charge < -0.3 is 19.7 Å². The number of rotatable bonds is 3. The molecule has 2 N–H and O–H groups in total. The number of benzene rings is 1. The van der Waals surface area contributed by atoms with Gasteiger partial charge in [-0.05, 0) is 38.8 Å². The molecule has 2 heterocycles. The molecular formula is C20H24O6. The third-order valence-corrected chi connectivity index (χ3v) is 5.11. The summed E-state index contributed by atoms with van der Waals surface area (Å²) in [5.74, 6) is -1.56. The van der Waals surface area contributed by atoms with Crippen LogP contribution in [0, 0.1) is 5.92 Å². The summed E-state index contributed by atoms with van der Waals surface area (Å²) in [7, 11) is 0. The number of carbonyl (C=O) groups excluding carboxylic acids is 1. The molecular weight excluding hydrogens is 336 g/mol. The highest BCUT2D eigenvalue weighted by Crippen LogP contribution is 2.52. The van der Waals surface area contributed by atoms with E-state index in [0.29, 0.717) is 16.9 Å². The Balaban J connectivity index is 2.32. The van der Waals surface area contributed by atoms with Gasteiger partial charge in [-0.25, -0.2) is 0 Å². The fourth-order valence-corrected chi connectivity index (χ4v) is 3.47. The average molecular weight is 360 g/mol. The number of Topliss-reactive ketones (excluding diaryl/α,β-unsaturated/α-hetero) is 1. The number of carbonyl (C=O) groups is 2. The summed E-state index contributed by atoms with van der Waals surface area (Å²) in [5, 5.41) is 20.0. The van der Waals surface area contributed by atoms with Gasteiger partial charge in [0.1, 0.15) is 34.5 Å². The fraction of sp³-hybridized carbons (Fsp3) is 0.500. The van der Waals surface area contributed by atoms with E-state index in [1.54, 1.807) is 32.9 Å². The number of hydrogen-bond acceptors (Lipinski definition) is 5. The van der Waals surface area contributed by atoms with E-state index in [1.165, 1.54) is 0 Å². The molecule has 2 aliphatic rings. The zero-order valence-corrected chi connectivity index (χ0v) is 15.6. The van der Waals surface area contributed by atoms with Crippen LogP contribution in [0.5, 0.6) is 17.2 Å². The Labute approximate surface area is 152 Å². The predicted molar refractivity (Wildman–Crippen MR) is 96.1 cm³/mol. The zero-order valence-electron chi connectivity index (χ0n) is 15.6. The van der Waals surface area contributed by atoms with Gasteiger partial charge in [0.15, 0.2) is 5.78 Å². The van der Waals surface area contributed by atoms with Gasteiger partial charge in [0.2, 0.25) is 0 Å². The molecule has 0 saturated carbocycles. The quantitative estimate of drug-likeness (QED) is 0.853. The van der Waals surface area contributed by atoms with Crippen molar-refractivity contribution in [2.24, 2.45) is 5.92 Å². The Morgan fingerprint density at radius 1 is 1.31 bits per heavy atom. The second-order valence-corrected chi connectivity index (χ2v) is 7.72. The molecule has 26 heavy (non-hydrogen) atoms. The fourth-order valence-electron chi connectivity index (χ4n) is 3.47. The van der Waals surface area contributed by atoms with Crippen LogP contribution in [0.15, 0.2) is 6.08 Å². The van der Waals surface area contributed by atoms with Crippen molar-refractivity contribution in [3.8, 4) is 17.2 Å². The van der Waals surface area contributed by atoms with Gasteiger partial charge in [0, 0.05) is 5.56 Å². The Hall–Kier alpha value is -2.50. The van der Waals surface area contributed by atoms with Crippen molar-refractivity contribution < 1.29 is 29.3 Å². The van der Waals surface area contributed by atoms with Gasteiger partial charge in [0.05, 0.1) is 17.9 Å². The number of phenols is 1. The number of ketones is 1. The average Bonchev–Trinajstić information content (AvgIpc) is 2.50. The largest absolute Gasteiger partial charge is 0.506 e. The van der Waals surface area contributed by atoms with Crippen LogP contribution in [0.3, 0.4) is 0 Å². The van der Waals surface area contributed by atoms with Crippen molar-refractivity contribution in [2.45, 2.75) is 58.7 Å². The summed E-state index contributed by atoms with van der Waals surface area (Å²) in [6, 6.07) is 0. The number of ether oxygens (including phenoxy) is 2. The second-order valence-electron chi connectivity index (χ2n) is 7.72. The molecule has 0 aliphatic carbocycles. The molecule has 2 aliphatic heterocycles. The molecule has 0 amide bonds.